The van der Waals surface area contributed by atoms with E-state index in [1.165, 1.54) is 0 Å². The van der Waals surface area contributed by atoms with Crippen molar-refractivity contribution in [3.63, 3.8) is 0 Å². The van der Waals surface area contributed by atoms with Gasteiger partial charge in [0.15, 0.2) is 0 Å². The van der Waals surface area contributed by atoms with Crippen LogP contribution in [0.2, 0.25) is 0 Å². The number of nitrogens with zero attached hydrogens (tertiary/aromatic N) is 2. The molecular formula is C13H15N3O2. The van der Waals surface area contributed by atoms with E-state index in [1.54, 1.807) is 37.6 Å². The standard InChI is InChI=1S/C13H15N3O2/c1-16(2)13-14-8-11(15-13)12(17)9-4-6-10(18-3)7-5-9/h4-8H,1-3H3,(H,14,15). The van der Waals surface area contributed by atoms with E-state index in [2.05, 4.69) is 9.97 Å². The Labute approximate surface area is 105 Å². The van der Waals surface area contributed by atoms with Crippen LogP contribution in [0.4, 0.5) is 5.95 Å². The van der Waals surface area contributed by atoms with Crippen molar-refractivity contribution < 1.29 is 9.53 Å². The zero-order chi connectivity index (χ0) is 13.1. The Morgan fingerprint density at radius 2 is 1.94 bits per heavy atom. The second-order valence-corrected chi connectivity index (χ2v) is 4.07. The average molecular weight is 245 g/mol. The summed E-state index contributed by atoms with van der Waals surface area (Å²) in [7, 11) is 5.32. The van der Waals surface area contributed by atoms with Crippen molar-refractivity contribution >= 4 is 11.7 Å². The van der Waals surface area contributed by atoms with Gasteiger partial charge in [0.2, 0.25) is 11.7 Å². The van der Waals surface area contributed by atoms with E-state index >= 15 is 0 Å². The molecule has 0 saturated carbocycles. The third-order valence-corrected chi connectivity index (χ3v) is 2.58. The van der Waals surface area contributed by atoms with Crippen LogP contribution in [0.1, 0.15) is 16.1 Å². The molecule has 2 rings (SSSR count). The summed E-state index contributed by atoms with van der Waals surface area (Å²) in [6, 6.07) is 6.99. The van der Waals surface area contributed by atoms with Crippen LogP contribution in [0.25, 0.3) is 0 Å². The summed E-state index contributed by atoms with van der Waals surface area (Å²) in [5, 5.41) is 0. The maximum atomic E-state index is 12.2. The maximum absolute atomic E-state index is 12.2. The lowest BCUT2D eigenvalue weighted by molar-refractivity contribution is 0.103. The number of hydrogen-bond acceptors (Lipinski definition) is 4. The van der Waals surface area contributed by atoms with Crippen molar-refractivity contribution in [1.29, 1.82) is 0 Å². The van der Waals surface area contributed by atoms with Crippen LogP contribution in [0.5, 0.6) is 5.75 Å². The van der Waals surface area contributed by atoms with E-state index in [0.29, 0.717) is 17.2 Å². The van der Waals surface area contributed by atoms with E-state index in [9.17, 15) is 4.79 Å². The van der Waals surface area contributed by atoms with Gasteiger partial charge in [-0.3, -0.25) is 4.79 Å². The van der Waals surface area contributed by atoms with Crippen LogP contribution in [-0.4, -0.2) is 37.0 Å². The predicted octanol–water partition coefficient (Wildman–Crippen LogP) is 1.72. The Morgan fingerprint density at radius 3 is 2.44 bits per heavy atom. The van der Waals surface area contributed by atoms with Gasteiger partial charge in [0.25, 0.3) is 0 Å². The van der Waals surface area contributed by atoms with E-state index in [0.717, 1.165) is 5.75 Å². The summed E-state index contributed by atoms with van der Waals surface area (Å²) in [4.78, 5) is 21.1. The number of carbonyl (C=O) groups is 1. The van der Waals surface area contributed by atoms with Crippen LogP contribution in [0.3, 0.4) is 0 Å². The molecule has 0 atom stereocenters. The van der Waals surface area contributed by atoms with Gasteiger partial charge in [0.05, 0.1) is 13.3 Å². The number of aromatic nitrogens is 2. The van der Waals surface area contributed by atoms with E-state index < -0.39 is 0 Å². The predicted molar refractivity (Wildman–Crippen MR) is 69.3 cm³/mol. The highest BCUT2D eigenvalue weighted by molar-refractivity contribution is 6.07. The molecule has 0 spiro atoms. The minimum atomic E-state index is -0.0850. The number of carbonyl (C=O) groups excluding carboxylic acids is 1. The number of methoxy groups -OCH3 is 1. The van der Waals surface area contributed by atoms with Gasteiger partial charge in [-0.1, -0.05) is 0 Å². The lowest BCUT2D eigenvalue weighted by Gasteiger charge is -2.06. The third kappa shape index (κ3) is 2.34. The number of rotatable bonds is 4. The van der Waals surface area contributed by atoms with Crippen molar-refractivity contribution in [2.75, 3.05) is 26.1 Å². The van der Waals surface area contributed by atoms with Crippen LogP contribution >= 0.6 is 0 Å². The number of imidazole rings is 1. The SMILES string of the molecule is COc1ccc(C(=O)c2cnc(N(C)C)[nH]2)cc1. The monoisotopic (exact) mass is 245 g/mol. The van der Waals surface area contributed by atoms with E-state index in [4.69, 9.17) is 4.74 Å². The summed E-state index contributed by atoms with van der Waals surface area (Å²) in [5.41, 5.74) is 1.08. The molecular weight excluding hydrogens is 230 g/mol. The highest BCUT2D eigenvalue weighted by Crippen LogP contribution is 2.15. The Hall–Kier alpha value is -2.30. The van der Waals surface area contributed by atoms with Gasteiger partial charge in [-0.25, -0.2) is 4.98 Å². The van der Waals surface area contributed by atoms with Crippen molar-refractivity contribution in [1.82, 2.24) is 9.97 Å². The van der Waals surface area contributed by atoms with E-state index in [-0.39, 0.29) is 5.78 Å². The molecule has 5 nitrogen and oxygen atoms in total. The molecule has 0 fully saturated rings. The van der Waals surface area contributed by atoms with Gasteiger partial charge in [-0.15, -0.1) is 0 Å². The largest absolute Gasteiger partial charge is 0.497 e. The second kappa shape index (κ2) is 4.91. The fourth-order valence-electron chi connectivity index (χ4n) is 1.55. The van der Waals surface area contributed by atoms with Crippen LogP contribution in [-0.2, 0) is 0 Å². The number of anilines is 1. The molecule has 0 aliphatic rings. The van der Waals surface area contributed by atoms with Gasteiger partial charge in [0, 0.05) is 19.7 Å². The molecule has 0 aliphatic heterocycles. The van der Waals surface area contributed by atoms with Crippen LogP contribution in [0, 0.1) is 0 Å². The molecule has 5 heteroatoms. The lowest BCUT2D eigenvalue weighted by Crippen LogP contribution is -2.10. The second-order valence-electron chi connectivity index (χ2n) is 4.07. The van der Waals surface area contributed by atoms with Gasteiger partial charge in [-0.2, -0.15) is 0 Å². The molecule has 0 amide bonds. The summed E-state index contributed by atoms with van der Waals surface area (Å²) in [6.07, 6.45) is 1.54. The smallest absolute Gasteiger partial charge is 0.210 e. The van der Waals surface area contributed by atoms with Crippen molar-refractivity contribution in [2.24, 2.45) is 0 Å². The number of aromatic amines is 1. The molecule has 1 heterocycles. The fraction of sp³-hybridized carbons (Fsp3) is 0.231. The summed E-state index contributed by atoms with van der Waals surface area (Å²) in [6.45, 7) is 0. The van der Waals surface area contributed by atoms with Gasteiger partial charge in [-0.05, 0) is 24.3 Å². The van der Waals surface area contributed by atoms with Crippen LogP contribution < -0.4 is 9.64 Å². The van der Waals surface area contributed by atoms with Crippen molar-refractivity contribution in [2.45, 2.75) is 0 Å². The highest BCUT2D eigenvalue weighted by Gasteiger charge is 2.12. The van der Waals surface area contributed by atoms with Crippen LogP contribution in [0.15, 0.2) is 30.5 Å². The molecule has 0 saturated heterocycles. The van der Waals surface area contributed by atoms with Crippen molar-refractivity contribution in [3.05, 3.63) is 41.7 Å². The Morgan fingerprint density at radius 1 is 1.28 bits per heavy atom. The number of nitrogens with one attached hydrogen (secondary N) is 1. The first kappa shape index (κ1) is 12.2. The van der Waals surface area contributed by atoms with Gasteiger partial charge >= 0.3 is 0 Å². The molecule has 94 valence electrons. The number of ketones is 1. The molecule has 1 aromatic heterocycles. The minimum Gasteiger partial charge on any atom is -0.497 e. The quantitative estimate of drug-likeness (QED) is 0.833. The molecule has 18 heavy (non-hydrogen) atoms. The molecule has 0 unspecified atom stereocenters. The fourth-order valence-corrected chi connectivity index (χ4v) is 1.55. The highest BCUT2D eigenvalue weighted by atomic mass is 16.5. The molecule has 1 aromatic carbocycles. The molecule has 1 N–H and O–H groups in total. The summed E-state index contributed by atoms with van der Waals surface area (Å²) in [5.74, 6) is 1.30. The lowest BCUT2D eigenvalue weighted by atomic mass is 10.1. The Balaban J connectivity index is 2.23. The number of benzene rings is 1. The first-order valence-corrected chi connectivity index (χ1v) is 5.53. The van der Waals surface area contributed by atoms with Gasteiger partial charge in [0.1, 0.15) is 11.4 Å². The topological polar surface area (TPSA) is 58.2 Å². The zero-order valence-electron chi connectivity index (χ0n) is 10.6. The average Bonchev–Trinajstić information content (AvgIpc) is 2.88. The Bertz CT molecular complexity index is 544. The number of hydrogen-bond donors (Lipinski definition) is 1. The van der Waals surface area contributed by atoms with Gasteiger partial charge < -0.3 is 14.6 Å². The molecule has 2 aromatic rings. The molecule has 0 aliphatic carbocycles. The summed E-state index contributed by atoms with van der Waals surface area (Å²) >= 11 is 0. The first-order valence-electron chi connectivity index (χ1n) is 5.53. The molecule has 0 radical (unpaired) electrons. The summed E-state index contributed by atoms with van der Waals surface area (Å²) < 4.78 is 5.05. The normalized spacial score (nSPS) is 10.2. The molecule has 0 bridgehead atoms. The number of H-pyrrole nitrogens is 1. The third-order valence-electron chi connectivity index (χ3n) is 2.58. The van der Waals surface area contributed by atoms with Crippen molar-refractivity contribution in [3.8, 4) is 5.75 Å². The Kier molecular flexibility index (Phi) is 3.32. The first-order chi connectivity index (χ1) is 8.61. The maximum Gasteiger partial charge on any atom is 0.210 e. The minimum absolute atomic E-state index is 0.0850. The van der Waals surface area contributed by atoms with E-state index in [1.807, 2.05) is 19.0 Å². The number of ether oxygens (including phenoxy) is 1. The zero-order valence-corrected chi connectivity index (χ0v) is 10.6.